The molecular weight excluding hydrogens is 238 g/mol. The summed E-state index contributed by atoms with van der Waals surface area (Å²) < 4.78 is 0. The molecule has 2 atom stereocenters. The second-order valence-electron chi connectivity index (χ2n) is 4.49. The maximum absolute atomic E-state index is 9.13. The van der Waals surface area contributed by atoms with Gasteiger partial charge in [0.25, 0.3) is 0 Å². The van der Waals surface area contributed by atoms with Crippen molar-refractivity contribution in [3.63, 3.8) is 0 Å². The van der Waals surface area contributed by atoms with Crippen LogP contribution < -0.4 is 5.32 Å². The number of nitriles is 1. The third-order valence-corrected chi connectivity index (χ3v) is 3.00. The lowest BCUT2D eigenvalue weighted by Crippen LogP contribution is -2.30. The first-order valence-corrected chi connectivity index (χ1v) is 6.46. The highest BCUT2D eigenvalue weighted by Crippen LogP contribution is 2.19. The normalized spacial score (nSPS) is 13.1. The summed E-state index contributed by atoms with van der Waals surface area (Å²) in [6.07, 6.45) is 1.53. The van der Waals surface area contributed by atoms with E-state index in [1.165, 1.54) is 5.56 Å². The number of hydrogen-bond donors (Lipinski definition) is 1. The van der Waals surface area contributed by atoms with Gasteiger partial charge in [-0.3, -0.25) is 0 Å². The van der Waals surface area contributed by atoms with Gasteiger partial charge in [-0.05, 0) is 36.4 Å². The molecule has 0 aromatic heterocycles. The van der Waals surface area contributed by atoms with Gasteiger partial charge in [0.15, 0.2) is 0 Å². The Balaban J connectivity index is 2.36. The molecule has 0 aliphatic carbocycles. The van der Waals surface area contributed by atoms with Gasteiger partial charge in [-0.1, -0.05) is 42.4 Å². The van der Waals surface area contributed by atoms with E-state index in [1.807, 2.05) is 18.2 Å². The second-order valence-corrected chi connectivity index (χ2v) is 4.49. The molecule has 5 nitrogen and oxygen atoms in total. The Labute approximate surface area is 113 Å². The Kier molecular flexibility index (Phi) is 7.11. The van der Waals surface area contributed by atoms with Crippen LogP contribution in [0.25, 0.3) is 10.4 Å². The van der Waals surface area contributed by atoms with E-state index in [9.17, 15) is 0 Å². The lowest BCUT2D eigenvalue weighted by atomic mass is 9.94. The number of rotatable bonds is 8. The fraction of sp³-hybridized carbons (Fsp3) is 0.500. The monoisotopic (exact) mass is 257 g/mol. The van der Waals surface area contributed by atoms with Crippen molar-refractivity contribution in [2.75, 3.05) is 13.1 Å². The van der Waals surface area contributed by atoms with Gasteiger partial charge >= 0.3 is 0 Å². The molecule has 0 aliphatic rings. The molecule has 1 aromatic rings. The summed E-state index contributed by atoms with van der Waals surface area (Å²) in [6.45, 7) is 3.29. The fourth-order valence-electron chi connectivity index (χ4n) is 1.92. The number of nitrogens with one attached hydrogen (secondary N) is 1. The van der Waals surface area contributed by atoms with Gasteiger partial charge < -0.3 is 5.32 Å². The molecule has 5 heteroatoms. The molecule has 2 unspecified atom stereocenters. The van der Waals surface area contributed by atoms with E-state index in [-0.39, 0.29) is 6.04 Å². The summed E-state index contributed by atoms with van der Waals surface area (Å²) >= 11 is 0. The van der Waals surface area contributed by atoms with Gasteiger partial charge in [0, 0.05) is 11.5 Å². The lowest BCUT2D eigenvalue weighted by molar-refractivity contribution is 0.517. The zero-order valence-electron chi connectivity index (χ0n) is 11.2. The molecule has 0 radical (unpaired) electrons. The first-order chi connectivity index (χ1) is 9.27. The third kappa shape index (κ3) is 5.91. The van der Waals surface area contributed by atoms with Crippen molar-refractivity contribution < 1.29 is 0 Å². The lowest BCUT2D eigenvalue weighted by Gasteiger charge is -2.16. The molecule has 0 bridgehead atoms. The molecule has 1 rings (SSSR count). The smallest absolute Gasteiger partial charge is 0.0958 e. The minimum absolute atomic E-state index is 0.165. The predicted molar refractivity (Wildman–Crippen MR) is 75.5 cm³/mol. The highest BCUT2D eigenvalue weighted by atomic mass is 15.1. The number of azide groups is 1. The number of hydrogen-bond acceptors (Lipinski definition) is 3. The molecule has 0 heterocycles. The summed E-state index contributed by atoms with van der Waals surface area (Å²) in [5, 5.41) is 15.8. The van der Waals surface area contributed by atoms with E-state index in [0.29, 0.717) is 19.0 Å². The van der Waals surface area contributed by atoms with Crippen LogP contribution in [0.15, 0.2) is 35.4 Å². The predicted octanol–water partition coefficient (Wildman–Crippen LogP) is 3.36. The Morgan fingerprint density at radius 1 is 1.42 bits per heavy atom. The Morgan fingerprint density at radius 3 is 2.79 bits per heavy atom. The van der Waals surface area contributed by atoms with Gasteiger partial charge in [0.05, 0.1) is 12.1 Å². The first kappa shape index (κ1) is 15.0. The molecular formula is C14H19N5. The maximum atomic E-state index is 9.13. The van der Waals surface area contributed by atoms with Crippen LogP contribution in [0.2, 0.25) is 0 Å². The molecule has 0 saturated heterocycles. The molecule has 100 valence electrons. The first-order valence-electron chi connectivity index (χ1n) is 6.46. The van der Waals surface area contributed by atoms with Crippen molar-refractivity contribution in [1.82, 2.24) is 5.32 Å². The average molecular weight is 257 g/mol. The second kappa shape index (κ2) is 8.98. The maximum Gasteiger partial charge on any atom is 0.0958 e. The van der Waals surface area contributed by atoms with E-state index < -0.39 is 0 Å². The fourth-order valence-corrected chi connectivity index (χ4v) is 1.92. The van der Waals surface area contributed by atoms with E-state index >= 15 is 0 Å². The van der Waals surface area contributed by atoms with Crippen molar-refractivity contribution in [2.24, 2.45) is 5.11 Å². The zero-order valence-corrected chi connectivity index (χ0v) is 11.2. The average Bonchev–Trinajstić information content (AvgIpc) is 2.46. The van der Waals surface area contributed by atoms with Crippen LogP contribution in [-0.4, -0.2) is 19.1 Å². The minimum Gasteiger partial charge on any atom is -0.302 e. The van der Waals surface area contributed by atoms with Crippen LogP contribution in [-0.2, 0) is 0 Å². The molecule has 0 fully saturated rings. The molecule has 0 amide bonds. The molecule has 0 spiro atoms. The van der Waals surface area contributed by atoms with Crippen LogP contribution >= 0.6 is 0 Å². The van der Waals surface area contributed by atoms with Gasteiger partial charge in [0.1, 0.15) is 0 Å². The highest BCUT2D eigenvalue weighted by Gasteiger charge is 2.13. The van der Waals surface area contributed by atoms with Gasteiger partial charge in [-0.25, -0.2) is 0 Å². The van der Waals surface area contributed by atoms with Crippen molar-refractivity contribution in [1.29, 1.82) is 5.26 Å². The molecule has 19 heavy (non-hydrogen) atoms. The van der Waals surface area contributed by atoms with E-state index in [2.05, 4.69) is 40.5 Å². The van der Waals surface area contributed by atoms with Gasteiger partial charge in [0.2, 0.25) is 0 Å². The van der Waals surface area contributed by atoms with E-state index in [1.54, 1.807) is 0 Å². The number of nitrogens with zero attached hydrogens (tertiary/aromatic N) is 4. The van der Waals surface area contributed by atoms with E-state index in [4.69, 9.17) is 10.8 Å². The Bertz CT molecular complexity index is 445. The molecule has 1 N–H and O–H groups in total. The standard InChI is InChI=1S/C14H19N5/c1-12(13-6-3-2-4-7-13)10-14(11-15)17-8-5-9-18-19-16/h2-4,6-7,12,14,17H,5,8-10H2,1H3. The summed E-state index contributed by atoms with van der Waals surface area (Å²) in [7, 11) is 0. The Hall–Kier alpha value is -2.02. The quantitative estimate of drug-likeness (QED) is 0.335. The van der Waals surface area contributed by atoms with Crippen molar-refractivity contribution >= 4 is 0 Å². The van der Waals surface area contributed by atoms with Crippen molar-refractivity contribution in [3.8, 4) is 6.07 Å². The van der Waals surface area contributed by atoms with Crippen LogP contribution in [0.3, 0.4) is 0 Å². The SMILES string of the molecule is CC(CC(C#N)NCCCN=[N+]=[N-])c1ccccc1. The van der Waals surface area contributed by atoms with Crippen LogP contribution in [0, 0.1) is 11.3 Å². The molecule has 0 aliphatic heterocycles. The highest BCUT2D eigenvalue weighted by molar-refractivity contribution is 5.19. The van der Waals surface area contributed by atoms with E-state index in [0.717, 1.165) is 12.8 Å². The van der Waals surface area contributed by atoms with Crippen LogP contribution in [0.4, 0.5) is 0 Å². The van der Waals surface area contributed by atoms with Crippen LogP contribution in [0.5, 0.6) is 0 Å². The largest absolute Gasteiger partial charge is 0.302 e. The van der Waals surface area contributed by atoms with Gasteiger partial charge in [-0.15, -0.1) is 0 Å². The topological polar surface area (TPSA) is 84.6 Å². The molecule has 1 aromatic carbocycles. The van der Waals surface area contributed by atoms with Crippen LogP contribution in [0.1, 0.15) is 31.2 Å². The zero-order chi connectivity index (χ0) is 13.9. The Morgan fingerprint density at radius 2 is 2.16 bits per heavy atom. The number of benzene rings is 1. The van der Waals surface area contributed by atoms with Gasteiger partial charge in [-0.2, -0.15) is 5.26 Å². The molecule has 0 saturated carbocycles. The summed E-state index contributed by atoms with van der Waals surface area (Å²) in [4.78, 5) is 2.69. The van der Waals surface area contributed by atoms with Crippen molar-refractivity contribution in [2.45, 2.75) is 31.7 Å². The minimum atomic E-state index is -0.165. The summed E-state index contributed by atoms with van der Waals surface area (Å²) in [6, 6.07) is 12.3. The third-order valence-electron chi connectivity index (χ3n) is 3.00. The summed E-state index contributed by atoms with van der Waals surface area (Å²) in [5.74, 6) is 0.343. The summed E-state index contributed by atoms with van der Waals surface area (Å²) in [5.41, 5.74) is 9.40. The van der Waals surface area contributed by atoms with Crippen molar-refractivity contribution in [3.05, 3.63) is 46.3 Å².